The molecular formula is C61H92O5. The van der Waals surface area contributed by atoms with E-state index in [0.29, 0.717) is 19.4 Å². The van der Waals surface area contributed by atoms with Gasteiger partial charge in [-0.2, -0.15) is 0 Å². The number of esters is 2. The van der Waals surface area contributed by atoms with E-state index in [2.05, 4.69) is 185 Å². The standard InChI is InChI=1S/C61H92O5/c1-4-7-10-13-16-19-22-25-28-30-31-32-34-36-39-42-45-48-51-54-60(62)65-58-59(57-64-56-53-50-47-44-41-38-35-29-26-23-20-17-14-11-8-5-2)66-61(63)55-52-49-46-43-40-37-33-27-24-21-18-15-12-9-6-3/h7-12,16-21,25-29,31-33,36,38-39,41,45,47-48,50,59H,4-6,13-15,22-24,30,34-35,37,40,42-44,46,49,51-58H2,1-3H3/b10-7-,11-8-,12-9-,19-16-,20-17-,21-18-,28-25-,29-26-,32-31-,33-27-,39-36-,41-38-,48-45-,50-47-. The summed E-state index contributed by atoms with van der Waals surface area (Å²) in [6, 6.07) is 0. The molecule has 366 valence electrons. The molecule has 0 aliphatic heterocycles. The van der Waals surface area contributed by atoms with Gasteiger partial charge < -0.3 is 14.2 Å². The first kappa shape index (κ1) is 61.3. The van der Waals surface area contributed by atoms with E-state index in [4.69, 9.17) is 14.2 Å². The van der Waals surface area contributed by atoms with Gasteiger partial charge in [-0.25, -0.2) is 0 Å². The normalized spacial score (nSPS) is 13.7. The molecule has 0 bridgehead atoms. The highest BCUT2D eigenvalue weighted by molar-refractivity contribution is 5.70. The molecule has 0 rings (SSSR count). The van der Waals surface area contributed by atoms with Gasteiger partial charge in [0.2, 0.25) is 0 Å². The summed E-state index contributed by atoms with van der Waals surface area (Å²) in [4.78, 5) is 25.4. The first-order valence-corrected chi connectivity index (χ1v) is 25.7. The molecule has 0 saturated carbocycles. The maximum Gasteiger partial charge on any atom is 0.306 e. The second kappa shape index (κ2) is 54.6. The van der Waals surface area contributed by atoms with Crippen LogP contribution in [-0.2, 0) is 23.8 Å². The van der Waals surface area contributed by atoms with Crippen LogP contribution < -0.4 is 0 Å². The Labute approximate surface area is 405 Å². The molecule has 0 amide bonds. The molecule has 66 heavy (non-hydrogen) atoms. The van der Waals surface area contributed by atoms with E-state index in [0.717, 1.165) is 135 Å². The van der Waals surface area contributed by atoms with Gasteiger partial charge in [0.05, 0.1) is 13.2 Å². The summed E-state index contributed by atoms with van der Waals surface area (Å²) in [6.07, 6.45) is 82.5. The molecular weight excluding hydrogens is 813 g/mol. The predicted octanol–water partition coefficient (Wildman–Crippen LogP) is 17.7. The van der Waals surface area contributed by atoms with Crippen molar-refractivity contribution in [3.8, 4) is 0 Å². The van der Waals surface area contributed by atoms with E-state index >= 15 is 0 Å². The average molecular weight is 905 g/mol. The van der Waals surface area contributed by atoms with E-state index in [1.807, 2.05) is 6.08 Å². The van der Waals surface area contributed by atoms with Crippen molar-refractivity contribution in [2.45, 2.75) is 181 Å². The summed E-state index contributed by atoms with van der Waals surface area (Å²) in [6.45, 7) is 7.14. The van der Waals surface area contributed by atoms with Crippen molar-refractivity contribution in [2.75, 3.05) is 19.8 Å². The Bertz CT molecular complexity index is 1540. The van der Waals surface area contributed by atoms with Gasteiger partial charge in [0.25, 0.3) is 0 Å². The number of unbranched alkanes of at least 4 members (excludes halogenated alkanes) is 5. The third kappa shape index (κ3) is 51.9. The number of hydrogen-bond donors (Lipinski definition) is 0. The monoisotopic (exact) mass is 905 g/mol. The molecule has 5 nitrogen and oxygen atoms in total. The number of hydrogen-bond acceptors (Lipinski definition) is 5. The van der Waals surface area contributed by atoms with Gasteiger partial charge in [0.15, 0.2) is 6.10 Å². The lowest BCUT2D eigenvalue weighted by molar-refractivity contribution is -0.162. The topological polar surface area (TPSA) is 61.8 Å². The van der Waals surface area contributed by atoms with Crippen LogP contribution in [-0.4, -0.2) is 37.9 Å². The fourth-order valence-corrected chi connectivity index (χ4v) is 6.08. The lowest BCUT2D eigenvalue weighted by Crippen LogP contribution is -2.30. The molecule has 0 N–H and O–H groups in total. The smallest absolute Gasteiger partial charge is 0.306 e. The van der Waals surface area contributed by atoms with E-state index in [-0.39, 0.29) is 31.6 Å². The second-order valence-electron chi connectivity index (χ2n) is 15.9. The van der Waals surface area contributed by atoms with Crippen molar-refractivity contribution in [1.82, 2.24) is 0 Å². The first-order chi connectivity index (χ1) is 32.6. The van der Waals surface area contributed by atoms with Gasteiger partial charge in [-0.05, 0) is 122 Å². The molecule has 1 unspecified atom stereocenters. The quantitative estimate of drug-likeness (QED) is 0.0346. The first-order valence-electron chi connectivity index (χ1n) is 25.7. The van der Waals surface area contributed by atoms with Crippen LogP contribution >= 0.6 is 0 Å². The molecule has 0 aromatic rings. The zero-order valence-corrected chi connectivity index (χ0v) is 41.9. The van der Waals surface area contributed by atoms with Gasteiger partial charge in [-0.1, -0.05) is 210 Å². The number of carbonyl (C=O) groups is 2. The molecule has 0 aromatic heterocycles. The van der Waals surface area contributed by atoms with Crippen LogP contribution in [0.25, 0.3) is 0 Å². The zero-order valence-electron chi connectivity index (χ0n) is 41.9. The molecule has 0 saturated heterocycles. The SMILES string of the molecule is CC/C=C\C/C=C\C/C=C\C/C=C\C/C=C\C/C=C\CCC(=O)OCC(COCC/C=C\C/C=C\C/C=C\C/C=C\C/C=C\CC)OC(=O)CCCCCCC/C=C\C/C=C\C/C=C\CC. The minimum absolute atomic E-state index is 0.00475. The van der Waals surface area contributed by atoms with Crippen LogP contribution in [0.2, 0.25) is 0 Å². The maximum absolute atomic E-state index is 12.8. The second-order valence-corrected chi connectivity index (χ2v) is 15.9. The van der Waals surface area contributed by atoms with Crippen molar-refractivity contribution in [2.24, 2.45) is 0 Å². The summed E-state index contributed by atoms with van der Waals surface area (Å²) in [5.74, 6) is -0.572. The van der Waals surface area contributed by atoms with E-state index in [9.17, 15) is 9.59 Å². The minimum atomic E-state index is -0.630. The summed E-state index contributed by atoms with van der Waals surface area (Å²) in [5.41, 5.74) is 0. The van der Waals surface area contributed by atoms with Gasteiger partial charge >= 0.3 is 11.9 Å². The van der Waals surface area contributed by atoms with Gasteiger partial charge in [0, 0.05) is 12.8 Å². The zero-order chi connectivity index (χ0) is 47.7. The maximum atomic E-state index is 12.8. The molecule has 0 aromatic carbocycles. The molecule has 5 heteroatoms. The van der Waals surface area contributed by atoms with E-state index < -0.39 is 6.10 Å². The Hall–Kier alpha value is -4.74. The van der Waals surface area contributed by atoms with Crippen molar-refractivity contribution >= 4 is 11.9 Å². The number of carbonyl (C=O) groups excluding carboxylic acids is 2. The van der Waals surface area contributed by atoms with E-state index in [1.54, 1.807) is 0 Å². The highest BCUT2D eigenvalue weighted by Crippen LogP contribution is 2.10. The van der Waals surface area contributed by atoms with Gasteiger partial charge in [-0.15, -0.1) is 0 Å². The lowest BCUT2D eigenvalue weighted by atomic mass is 10.1. The van der Waals surface area contributed by atoms with Crippen LogP contribution in [0.15, 0.2) is 170 Å². The Kier molecular flexibility index (Phi) is 50.7. The lowest BCUT2D eigenvalue weighted by Gasteiger charge is -2.18. The fourth-order valence-electron chi connectivity index (χ4n) is 6.08. The number of rotatable bonds is 44. The summed E-state index contributed by atoms with van der Waals surface area (Å²) >= 11 is 0. The Morgan fingerprint density at radius 3 is 1.08 bits per heavy atom. The molecule has 0 heterocycles. The summed E-state index contributed by atoms with van der Waals surface area (Å²) < 4.78 is 17.2. The third-order valence-corrected chi connectivity index (χ3v) is 9.76. The van der Waals surface area contributed by atoms with Crippen molar-refractivity contribution in [3.63, 3.8) is 0 Å². The van der Waals surface area contributed by atoms with Gasteiger partial charge in [-0.3, -0.25) is 9.59 Å². The van der Waals surface area contributed by atoms with Crippen molar-refractivity contribution in [3.05, 3.63) is 170 Å². The van der Waals surface area contributed by atoms with Crippen LogP contribution in [0.1, 0.15) is 175 Å². The minimum Gasteiger partial charge on any atom is -0.462 e. The van der Waals surface area contributed by atoms with Crippen LogP contribution in [0.5, 0.6) is 0 Å². The number of ether oxygens (including phenoxy) is 3. The van der Waals surface area contributed by atoms with Crippen LogP contribution in [0.3, 0.4) is 0 Å². The third-order valence-electron chi connectivity index (χ3n) is 9.76. The molecule has 0 aliphatic carbocycles. The van der Waals surface area contributed by atoms with Crippen molar-refractivity contribution < 1.29 is 23.8 Å². The predicted molar refractivity (Wildman–Crippen MR) is 287 cm³/mol. The largest absolute Gasteiger partial charge is 0.462 e. The Morgan fingerprint density at radius 2 is 0.667 bits per heavy atom. The number of allylic oxidation sites excluding steroid dienone is 27. The molecule has 1 atom stereocenters. The molecule has 0 radical (unpaired) electrons. The summed E-state index contributed by atoms with van der Waals surface area (Å²) in [5, 5.41) is 0. The van der Waals surface area contributed by atoms with Gasteiger partial charge in [0.1, 0.15) is 6.61 Å². The van der Waals surface area contributed by atoms with Crippen LogP contribution in [0, 0.1) is 0 Å². The highest BCUT2D eigenvalue weighted by Gasteiger charge is 2.17. The van der Waals surface area contributed by atoms with Crippen LogP contribution in [0.4, 0.5) is 0 Å². The Balaban J connectivity index is 4.57. The summed E-state index contributed by atoms with van der Waals surface area (Å²) in [7, 11) is 0. The van der Waals surface area contributed by atoms with E-state index in [1.165, 1.54) is 0 Å². The molecule has 0 fully saturated rings. The highest BCUT2D eigenvalue weighted by atomic mass is 16.6. The average Bonchev–Trinajstić information content (AvgIpc) is 3.32. The van der Waals surface area contributed by atoms with Crippen molar-refractivity contribution in [1.29, 1.82) is 0 Å². The molecule has 0 aliphatic rings. The molecule has 0 spiro atoms. The fraction of sp³-hybridized carbons (Fsp3) is 0.508. The Morgan fingerprint density at radius 1 is 0.333 bits per heavy atom.